The molecule has 0 aliphatic rings. The van der Waals surface area contributed by atoms with Crippen LogP contribution in [0.2, 0.25) is 0 Å². The largest absolute Gasteiger partial charge is 0.478 e. The minimum Gasteiger partial charge on any atom is -0.478 e. The quantitative estimate of drug-likeness (QED) is 0.112. The SMILES string of the molecule is CCCc1nc2c(C)cc(C(=O)N[C@@H](CSC(=O)C(N)C(C)O)Cc3ccccc3)cc2n1Cc1ccc(-c2ccccc2C(=O)O)cc1. The number of carbonyl (C=O) groups excluding carboxylic acids is 2. The third-order valence-electron chi connectivity index (χ3n) is 8.50. The second-order valence-electron chi connectivity index (χ2n) is 12.3. The van der Waals surface area contributed by atoms with Crippen LogP contribution in [0, 0.1) is 6.92 Å². The summed E-state index contributed by atoms with van der Waals surface area (Å²) >= 11 is 1.02. The lowest BCUT2D eigenvalue weighted by Gasteiger charge is -2.20. The summed E-state index contributed by atoms with van der Waals surface area (Å²) in [5.41, 5.74) is 12.7. The summed E-state index contributed by atoms with van der Waals surface area (Å²) in [6.45, 7) is 6.07. The second-order valence-corrected chi connectivity index (χ2v) is 13.4. The van der Waals surface area contributed by atoms with Gasteiger partial charge in [0.05, 0.1) is 22.7 Å². The Balaban J connectivity index is 1.42. The number of carboxylic acid groups (broad SMARTS) is 1. The van der Waals surface area contributed by atoms with Crippen LogP contribution >= 0.6 is 11.8 Å². The Morgan fingerprint density at radius 3 is 2.33 bits per heavy atom. The number of aliphatic hydroxyl groups is 1. The van der Waals surface area contributed by atoms with Crippen molar-refractivity contribution >= 4 is 39.8 Å². The summed E-state index contributed by atoms with van der Waals surface area (Å²) in [5.74, 6) is -0.00920. The van der Waals surface area contributed by atoms with Gasteiger partial charge in [-0.3, -0.25) is 9.59 Å². The number of nitrogens with two attached hydrogens (primary N) is 1. The third-order valence-corrected chi connectivity index (χ3v) is 9.63. The highest BCUT2D eigenvalue weighted by molar-refractivity contribution is 8.13. The second kappa shape index (κ2) is 16.1. The fraction of sp³-hybridized carbons (Fsp3) is 0.282. The molecule has 1 heterocycles. The Labute approximate surface area is 290 Å². The number of thioether (sulfide) groups is 1. The predicted molar refractivity (Wildman–Crippen MR) is 195 cm³/mol. The number of rotatable bonds is 14. The number of aliphatic hydroxyl groups excluding tert-OH is 1. The third kappa shape index (κ3) is 8.64. The van der Waals surface area contributed by atoms with Crippen LogP contribution < -0.4 is 11.1 Å². The van der Waals surface area contributed by atoms with E-state index < -0.39 is 18.1 Å². The van der Waals surface area contributed by atoms with E-state index in [9.17, 15) is 24.6 Å². The van der Waals surface area contributed by atoms with Gasteiger partial charge in [-0.05, 0) is 72.7 Å². The van der Waals surface area contributed by atoms with Crippen molar-refractivity contribution in [1.29, 1.82) is 0 Å². The molecule has 9 nitrogen and oxygen atoms in total. The number of carboxylic acids is 1. The number of amides is 1. The van der Waals surface area contributed by atoms with E-state index in [0.29, 0.717) is 29.8 Å². The maximum absolute atomic E-state index is 13.8. The van der Waals surface area contributed by atoms with Crippen molar-refractivity contribution in [2.45, 2.75) is 64.8 Å². The average Bonchev–Trinajstić information content (AvgIpc) is 3.44. The Morgan fingerprint density at radius 2 is 1.65 bits per heavy atom. The summed E-state index contributed by atoms with van der Waals surface area (Å²) in [5, 5.41) is 22.3. The van der Waals surface area contributed by atoms with Gasteiger partial charge in [-0.15, -0.1) is 0 Å². The van der Waals surface area contributed by atoms with Crippen LogP contribution in [0.25, 0.3) is 22.2 Å². The molecule has 5 rings (SSSR count). The molecule has 1 amide bonds. The maximum atomic E-state index is 13.8. The zero-order valence-corrected chi connectivity index (χ0v) is 28.7. The summed E-state index contributed by atoms with van der Waals surface area (Å²) in [7, 11) is 0. The summed E-state index contributed by atoms with van der Waals surface area (Å²) in [6, 6.07) is 26.9. The normalized spacial score (nSPS) is 13.2. The average molecular weight is 679 g/mol. The number of aromatic carboxylic acids is 1. The molecular weight excluding hydrogens is 637 g/mol. The molecule has 49 heavy (non-hydrogen) atoms. The number of carbonyl (C=O) groups is 3. The number of aromatic nitrogens is 2. The first-order valence-corrected chi connectivity index (χ1v) is 17.4. The Hall–Kier alpha value is -4.77. The minimum absolute atomic E-state index is 0.252. The van der Waals surface area contributed by atoms with Crippen LogP contribution in [0.3, 0.4) is 0 Å². The highest BCUT2D eigenvalue weighted by Crippen LogP contribution is 2.27. The fourth-order valence-corrected chi connectivity index (χ4v) is 6.81. The number of nitrogens with one attached hydrogen (secondary N) is 1. The number of hydrogen-bond acceptors (Lipinski definition) is 7. The summed E-state index contributed by atoms with van der Waals surface area (Å²) < 4.78 is 2.15. The number of nitrogens with zero attached hydrogens (tertiary/aromatic N) is 2. The van der Waals surface area contributed by atoms with Crippen molar-refractivity contribution in [1.82, 2.24) is 14.9 Å². The molecular formula is C39H42N4O5S. The molecule has 4 aromatic carbocycles. The number of benzene rings is 4. The molecule has 0 bridgehead atoms. The van der Waals surface area contributed by atoms with Gasteiger partial charge in [-0.1, -0.05) is 91.5 Å². The Kier molecular flexibility index (Phi) is 11.7. The van der Waals surface area contributed by atoms with Gasteiger partial charge in [0.2, 0.25) is 5.12 Å². The standard InChI is InChI=1S/C39H42N4O5S/c1-4-10-34-42-36-24(2)19-29(37(45)41-30(20-26-11-6-5-7-12-26)23-49-39(48)35(40)25(3)44)21-33(36)43(34)22-27-15-17-28(18-16-27)31-13-8-9-14-32(31)38(46)47/h5-9,11-19,21,25,30,35,44H,4,10,20,22-23,40H2,1-3H3,(H,41,45)(H,46,47)/t25?,30-,35?/m1/s1. The van der Waals surface area contributed by atoms with Gasteiger partial charge in [0.15, 0.2) is 0 Å². The number of aryl methyl sites for hydroxylation is 2. The molecule has 2 unspecified atom stereocenters. The zero-order chi connectivity index (χ0) is 35.1. The van der Waals surface area contributed by atoms with E-state index in [1.807, 2.05) is 85.8 Å². The highest BCUT2D eigenvalue weighted by Gasteiger charge is 2.23. The molecule has 0 aliphatic carbocycles. The Morgan fingerprint density at radius 1 is 0.959 bits per heavy atom. The van der Waals surface area contributed by atoms with Crippen molar-refractivity contribution in [3.05, 3.63) is 125 Å². The van der Waals surface area contributed by atoms with Gasteiger partial charge in [-0.2, -0.15) is 0 Å². The molecule has 1 aromatic heterocycles. The summed E-state index contributed by atoms with van der Waals surface area (Å²) in [4.78, 5) is 43.2. The van der Waals surface area contributed by atoms with E-state index >= 15 is 0 Å². The molecule has 0 saturated carbocycles. The number of fused-ring (bicyclic) bond motifs is 1. The molecule has 0 spiro atoms. The van der Waals surface area contributed by atoms with E-state index in [1.165, 1.54) is 6.92 Å². The molecule has 254 valence electrons. The van der Waals surface area contributed by atoms with E-state index in [-0.39, 0.29) is 22.6 Å². The van der Waals surface area contributed by atoms with E-state index in [1.54, 1.807) is 12.1 Å². The van der Waals surface area contributed by atoms with Gasteiger partial charge in [0.25, 0.3) is 5.91 Å². The molecule has 0 saturated heterocycles. The van der Waals surface area contributed by atoms with Gasteiger partial charge in [0.1, 0.15) is 11.9 Å². The van der Waals surface area contributed by atoms with Crippen molar-refractivity contribution in [3.63, 3.8) is 0 Å². The van der Waals surface area contributed by atoms with E-state index in [2.05, 4.69) is 16.8 Å². The highest BCUT2D eigenvalue weighted by atomic mass is 32.2. The molecule has 0 aliphatic heterocycles. The van der Waals surface area contributed by atoms with Crippen LogP contribution in [0.5, 0.6) is 0 Å². The van der Waals surface area contributed by atoms with Crippen LogP contribution in [-0.2, 0) is 24.2 Å². The molecule has 5 aromatic rings. The fourth-order valence-electron chi connectivity index (χ4n) is 5.85. The molecule has 0 radical (unpaired) electrons. The number of imidazole rings is 1. The van der Waals surface area contributed by atoms with Crippen LogP contribution in [0.15, 0.2) is 91.0 Å². The lowest BCUT2D eigenvalue weighted by Crippen LogP contribution is -2.41. The van der Waals surface area contributed by atoms with Crippen molar-refractivity contribution in [2.75, 3.05) is 5.75 Å². The van der Waals surface area contributed by atoms with Crippen molar-refractivity contribution < 1.29 is 24.6 Å². The minimum atomic E-state index is -1.00. The first-order valence-electron chi connectivity index (χ1n) is 16.4. The van der Waals surface area contributed by atoms with Crippen molar-refractivity contribution in [3.8, 4) is 11.1 Å². The first-order chi connectivity index (χ1) is 23.5. The van der Waals surface area contributed by atoms with E-state index in [4.69, 9.17) is 10.7 Å². The zero-order valence-electron chi connectivity index (χ0n) is 27.9. The van der Waals surface area contributed by atoms with Gasteiger partial charge < -0.3 is 25.8 Å². The topological polar surface area (TPSA) is 148 Å². The van der Waals surface area contributed by atoms with Crippen molar-refractivity contribution in [2.24, 2.45) is 5.73 Å². The molecule has 10 heteroatoms. The van der Waals surface area contributed by atoms with Gasteiger partial charge in [-0.25, -0.2) is 9.78 Å². The number of hydrogen-bond donors (Lipinski definition) is 4. The molecule has 0 fully saturated rings. The monoisotopic (exact) mass is 678 g/mol. The molecule has 5 N–H and O–H groups in total. The summed E-state index contributed by atoms with van der Waals surface area (Å²) in [6.07, 6.45) is 1.21. The van der Waals surface area contributed by atoms with Gasteiger partial charge in [0, 0.05) is 30.3 Å². The van der Waals surface area contributed by atoms with E-state index in [0.717, 1.165) is 63.7 Å². The Bertz CT molecular complexity index is 1940. The maximum Gasteiger partial charge on any atom is 0.336 e. The molecule has 3 atom stereocenters. The first kappa shape index (κ1) is 35.5. The lowest BCUT2D eigenvalue weighted by atomic mass is 9.98. The van der Waals surface area contributed by atoms with Crippen LogP contribution in [-0.4, -0.2) is 60.7 Å². The lowest BCUT2D eigenvalue weighted by molar-refractivity contribution is -0.114. The van der Waals surface area contributed by atoms with Gasteiger partial charge >= 0.3 is 5.97 Å². The smallest absolute Gasteiger partial charge is 0.336 e. The van der Waals surface area contributed by atoms with Crippen LogP contribution in [0.1, 0.15) is 63.5 Å². The van der Waals surface area contributed by atoms with Crippen LogP contribution in [0.4, 0.5) is 0 Å². The predicted octanol–water partition coefficient (Wildman–Crippen LogP) is 6.02.